The van der Waals surface area contributed by atoms with Crippen LogP contribution in [0, 0.1) is 19.7 Å². The van der Waals surface area contributed by atoms with Gasteiger partial charge in [0.1, 0.15) is 36.0 Å². The maximum atomic E-state index is 13.2. The molecule has 0 aliphatic rings. The third-order valence-corrected chi connectivity index (χ3v) is 4.79. The van der Waals surface area contributed by atoms with Gasteiger partial charge in [0.25, 0.3) is 5.56 Å². The molecule has 154 valence electrons. The maximum Gasteiger partial charge on any atom is 0.264 e. The lowest BCUT2D eigenvalue weighted by Gasteiger charge is -2.15. The molecule has 4 aromatic rings. The van der Waals surface area contributed by atoms with E-state index in [-0.39, 0.29) is 24.5 Å². The van der Waals surface area contributed by atoms with Gasteiger partial charge in [0.15, 0.2) is 5.65 Å². The van der Waals surface area contributed by atoms with Gasteiger partial charge in [-0.15, -0.1) is 0 Å². The number of nitrogens with zero attached hydrogens (tertiary/aromatic N) is 4. The van der Waals surface area contributed by atoms with Crippen LogP contribution in [0.1, 0.15) is 11.1 Å². The van der Waals surface area contributed by atoms with E-state index >= 15 is 0 Å². The summed E-state index contributed by atoms with van der Waals surface area (Å²) in [5.41, 5.74) is 2.75. The number of aliphatic hydroxyl groups excluding tert-OH is 1. The smallest absolute Gasteiger partial charge is 0.264 e. The van der Waals surface area contributed by atoms with Gasteiger partial charge in [-0.1, -0.05) is 17.7 Å². The van der Waals surface area contributed by atoms with E-state index < -0.39 is 6.10 Å². The summed E-state index contributed by atoms with van der Waals surface area (Å²) in [4.78, 5) is 17.1. The van der Waals surface area contributed by atoms with E-state index in [4.69, 9.17) is 4.74 Å². The van der Waals surface area contributed by atoms with Crippen LogP contribution in [0.5, 0.6) is 5.75 Å². The van der Waals surface area contributed by atoms with Crippen molar-refractivity contribution in [3.05, 3.63) is 82.3 Å². The van der Waals surface area contributed by atoms with Gasteiger partial charge in [-0.05, 0) is 49.7 Å². The summed E-state index contributed by atoms with van der Waals surface area (Å²) >= 11 is 0. The minimum Gasteiger partial charge on any atom is -0.491 e. The summed E-state index contributed by atoms with van der Waals surface area (Å²) < 4.78 is 21.7. The number of hydrogen-bond donors (Lipinski definition) is 1. The van der Waals surface area contributed by atoms with E-state index in [1.54, 1.807) is 12.1 Å². The van der Waals surface area contributed by atoms with Crippen LogP contribution in [0.25, 0.3) is 16.7 Å². The van der Waals surface area contributed by atoms with Crippen molar-refractivity contribution < 1.29 is 14.2 Å². The van der Waals surface area contributed by atoms with E-state index in [0.717, 1.165) is 11.1 Å². The predicted molar refractivity (Wildman–Crippen MR) is 111 cm³/mol. The minimum absolute atomic E-state index is 0.0361. The summed E-state index contributed by atoms with van der Waals surface area (Å²) in [6, 6.07) is 11.6. The molecule has 0 bridgehead atoms. The Morgan fingerprint density at radius 1 is 1.17 bits per heavy atom. The fourth-order valence-corrected chi connectivity index (χ4v) is 3.28. The Hall–Kier alpha value is -3.52. The zero-order valence-electron chi connectivity index (χ0n) is 16.6. The highest BCUT2D eigenvalue weighted by atomic mass is 19.1. The molecule has 30 heavy (non-hydrogen) atoms. The third kappa shape index (κ3) is 3.95. The van der Waals surface area contributed by atoms with Crippen molar-refractivity contribution in [2.75, 3.05) is 6.61 Å². The lowest BCUT2D eigenvalue weighted by atomic mass is 10.1. The van der Waals surface area contributed by atoms with Gasteiger partial charge in [-0.3, -0.25) is 9.36 Å². The number of rotatable bonds is 6. The van der Waals surface area contributed by atoms with E-state index in [1.165, 1.54) is 33.9 Å². The molecule has 1 N–H and O–H groups in total. The van der Waals surface area contributed by atoms with Crippen LogP contribution < -0.4 is 10.3 Å². The molecule has 0 aliphatic carbocycles. The first kappa shape index (κ1) is 19.8. The molecule has 0 aliphatic heterocycles. The van der Waals surface area contributed by atoms with Crippen LogP contribution in [0.4, 0.5) is 4.39 Å². The topological polar surface area (TPSA) is 82.2 Å². The molecule has 2 heterocycles. The van der Waals surface area contributed by atoms with Gasteiger partial charge >= 0.3 is 0 Å². The predicted octanol–water partition coefficient (Wildman–Crippen LogP) is 2.78. The number of ether oxygens (including phenoxy) is 1. The monoisotopic (exact) mass is 408 g/mol. The second-order valence-corrected chi connectivity index (χ2v) is 7.21. The van der Waals surface area contributed by atoms with Crippen LogP contribution in [0.2, 0.25) is 0 Å². The van der Waals surface area contributed by atoms with Gasteiger partial charge in [0.05, 0.1) is 18.4 Å². The molecule has 0 fully saturated rings. The Bertz CT molecular complexity index is 1250. The van der Waals surface area contributed by atoms with Crippen molar-refractivity contribution in [1.82, 2.24) is 19.3 Å². The van der Waals surface area contributed by atoms with E-state index in [2.05, 4.69) is 10.1 Å². The molecule has 0 radical (unpaired) electrons. The number of hydrogen-bond acceptors (Lipinski definition) is 5. The van der Waals surface area contributed by atoms with Gasteiger partial charge in [-0.2, -0.15) is 5.10 Å². The van der Waals surface area contributed by atoms with Gasteiger partial charge < -0.3 is 9.84 Å². The normalized spacial score (nSPS) is 12.3. The zero-order valence-corrected chi connectivity index (χ0v) is 16.6. The average Bonchev–Trinajstić information content (AvgIpc) is 3.15. The second kappa shape index (κ2) is 8.08. The van der Waals surface area contributed by atoms with E-state index in [1.807, 2.05) is 32.0 Å². The highest BCUT2D eigenvalue weighted by molar-refractivity contribution is 5.74. The lowest BCUT2D eigenvalue weighted by molar-refractivity contribution is 0.0911. The summed E-state index contributed by atoms with van der Waals surface area (Å²) in [5.74, 6) is 0.337. The Morgan fingerprint density at radius 3 is 2.67 bits per heavy atom. The standard InChI is InChI=1S/C22H21FN4O3/c1-14-3-8-20(15(2)9-14)30-12-18(28)11-26-13-24-21-19(22(26)29)10-25-27(21)17-6-4-16(23)5-7-17/h3-10,13,18,28H,11-12H2,1-2H3. The fraction of sp³-hybridized carbons (Fsp3) is 0.227. The number of halogens is 1. The van der Waals surface area contributed by atoms with Crippen LogP contribution in [0.3, 0.4) is 0 Å². The molecule has 4 rings (SSSR count). The van der Waals surface area contributed by atoms with Crippen molar-refractivity contribution in [2.24, 2.45) is 0 Å². The average molecular weight is 408 g/mol. The maximum absolute atomic E-state index is 13.2. The van der Waals surface area contributed by atoms with Crippen molar-refractivity contribution in [1.29, 1.82) is 0 Å². The number of aryl methyl sites for hydroxylation is 2. The van der Waals surface area contributed by atoms with Crippen LogP contribution in [0.15, 0.2) is 59.8 Å². The minimum atomic E-state index is -0.894. The largest absolute Gasteiger partial charge is 0.491 e. The quantitative estimate of drug-likeness (QED) is 0.531. The first-order chi connectivity index (χ1) is 14.4. The molecule has 0 saturated heterocycles. The summed E-state index contributed by atoms with van der Waals surface area (Å²) in [7, 11) is 0. The molecular formula is C22H21FN4O3. The van der Waals surface area contributed by atoms with Gasteiger partial charge in [0.2, 0.25) is 0 Å². The number of fused-ring (bicyclic) bond motifs is 1. The second-order valence-electron chi connectivity index (χ2n) is 7.21. The van der Waals surface area contributed by atoms with Crippen LogP contribution in [-0.4, -0.2) is 37.1 Å². The molecule has 2 aromatic heterocycles. The van der Waals surface area contributed by atoms with E-state index in [0.29, 0.717) is 22.5 Å². The Morgan fingerprint density at radius 2 is 1.93 bits per heavy atom. The van der Waals surface area contributed by atoms with Gasteiger partial charge in [-0.25, -0.2) is 14.1 Å². The lowest BCUT2D eigenvalue weighted by Crippen LogP contribution is -2.30. The molecule has 0 saturated carbocycles. The molecule has 0 spiro atoms. The van der Waals surface area contributed by atoms with Crippen molar-refractivity contribution in [3.63, 3.8) is 0 Å². The summed E-state index contributed by atoms with van der Waals surface area (Å²) in [5, 5.41) is 14.9. The number of aromatic nitrogens is 4. The van der Waals surface area contributed by atoms with Crippen LogP contribution in [-0.2, 0) is 6.54 Å². The van der Waals surface area contributed by atoms with Crippen molar-refractivity contribution in [3.8, 4) is 11.4 Å². The highest BCUT2D eigenvalue weighted by Gasteiger charge is 2.14. The molecule has 0 amide bonds. The highest BCUT2D eigenvalue weighted by Crippen LogP contribution is 2.19. The zero-order chi connectivity index (χ0) is 21.3. The number of benzene rings is 2. The SMILES string of the molecule is Cc1ccc(OCC(O)Cn2cnc3c(cnn3-c3ccc(F)cc3)c2=O)c(C)c1. The van der Waals surface area contributed by atoms with E-state index in [9.17, 15) is 14.3 Å². The third-order valence-electron chi connectivity index (χ3n) is 4.79. The van der Waals surface area contributed by atoms with Crippen molar-refractivity contribution in [2.45, 2.75) is 26.5 Å². The Balaban J connectivity index is 1.51. The molecule has 7 nitrogen and oxygen atoms in total. The summed E-state index contributed by atoms with van der Waals surface area (Å²) in [6.45, 7) is 4.02. The molecule has 2 aromatic carbocycles. The number of aliphatic hydroxyl groups is 1. The van der Waals surface area contributed by atoms with Crippen LogP contribution >= 0.6 is 0 Å². The first-order valence-corrected chi connectivity index (χ1v) is 9.49. The molecule has 1 atom stereocenters. The van der Waals surface area contributed by atoms with Crippen molar-refractivity contribution >= 4 is 11.0 Å². The molecule has 8 heteroatoms. The molecule has 1 unspecified atom stereocenters. The Labute approximate surface area is 172 Å². The molecular weight excluding hydrogens is 387 g/mol. The summed E-state index contributed by atoms with van der Waals surface area (Å²) in [6.07, 6.45) is 1.89. The van der Waals surface area contributed by atoms with Gasteiger partial charge in [0, 0.05) is 0 Å². The first-order valence-electron chi connectivity index (χ1n) is 9.49. The fourth-order valence-electron chi connectivity index (χ4n) is 3.28. The Kier molecular flexibility index (Phi) is 5.33.